The Morgan fingerprint density at radius 2 is 2.11 bits per heavy atom. The van der Waals surface area contributed by atoms with Gasteiger partial charge in [0.15, 0.2) is 0 Å². The summed E-state index contributed by atoms with van der Waals surface area (Å²) in [7, 11) is 0. The van der Waals surface area contributed by atoms with Crippen LogP contribution < -0.4 is 10.5 Å². The van der Waals surface area contributed by atoms with Crippen molar-refractivity contribution in [1.29, 1.82) is 0 Å². The van der Waals surface area contributed by atoms with Crippen molar-refractivity contribution in [3.63, 3.8) is 0 Å². The molecule has 0 amide bonds. The molecule has 3 atom stereocenters. The van der Waals surface area contributed by atoms with Crippen LogP contribution in [0.15, 0.2) is 12.3 Å². The van der Waals surface area contributed by atoms with Crippen molar-refractivity contribution in [2.75, 3.05) is 5.73 Å². The quantitative estimate of drug-likeness (QED) is 0.884. The number of nitrogen functional groups attached to an aromatic ring is 1. The number of rotatable bonds is 2. The van der Waals surface area contributed by atoms with E-state index >= 15 is 0 Å². The van der Waals surface area contributed by atoms with Crippen LogP contribution in [0.5, 0.6) is 5.88 Å². The third-order valence-electron chi connectivity index (χ3n) is 6.02. The maximum absolute atomic E-state index is 6.27. The monoisotopic (exact) mass is 260 g/mol. The van der Waals surface area contributed by atoms with Gasteiger partial charge in [-0.2, -0.15) is 0 Å². The third kappa shape index (κ3) is 1.67. The van der Waals surface area contributed by atoms with E-state index in [9.17, 15) is 0 Å². The van der Waals surface area contributed by atoms with Crippen molar-refractivity contribution in [2.45, 2.75) is 53.1 Å². The number of nitrogens with two attached hydrogens (primary N) is 1. The molecule has 0 aliphatic heterocycles. The third-order valence-corrected chi connectivity index (χ3v) is 6.02. The van der Waals surface area contributed by atoms with E-state index in [0.717, 1.165) is 23.8 Å². The van der Waals surface area contributed by atoms with Crippen molar-refractivity contribution in [2.24, 2.45) is 16.7 Å². The number of pyridine rings is 1. The molecule has 3 rings (SSSR count). The smallest absolute Gasteiger partial charge is 0.216 e. The van der Waals surface area contributed by atoms with E-state index in [1.165, 1.54) is 12.8 Å². The molecule has 104 valence electrons. The Bertz CT molecular complexity index is 511. The lowest BCUT2D eigenvalue weighted by atomic mass is 9.70. The van der Waals surface area contributed by atoms with Gasteiger partial charge in [-0.3, -0.25) is 0 Å². The van der Waals surface area contributed by atoms with Crippen molar-refractivity contribution in [3.8, 4) is 5.88 Å². The second-order valence-electron chi connectivity index (χ2n) is 7.11. The highest BCUT2D eigenvalue weighted by Gasteiger charge is 2.62. The fourth-order valence-corrected chi connectivity index (χ4v) is 4.15. The lowest BCUT2D eigenvalue weighted by Gasteiger charge is -2.38. The largest absolute Gasteiger partial charge is 0.474 e. The predicted molar refractivity (Wildman–Crippen MR) is 77.0 cm³/mol. The van der Waals surface area contributed by atoms with Gasteiger partial charge in [0.2, 0.25) is 5.88 Å². The Balaban J connectivity index is 1.86. The first-order valence-electron chi connectivity index (χ1n) is 7.23. The minimum atomic E-state index is 0.271. The summed E-state index contributed by atoms with van der Waals surface area (Å²) in [5.74, 6) is 1.54. The summed E-state index contributed by atoms with van der Waals surface area (Å²) < 4.78 is 6.27. The summed E-state index contributed by atoms with van der Waals surface area (Å²) >= 11 is 0. The van der Waals surface area contributed by atoms with Crippen LogP contribution in [-0.2, 0) is 0 Å². The summed E-state index contributed by atoms with van der Waals surface area (Å²) in [5.41, 5.74) is 8.12. The highest BCUT2D eigenvalue weighted by atomic mass is 16.5. The van der Waals surface area contributed by atoms with Crippen LogP contribution in [0.25, 0.3) is 0 Å². The molecule has 3 nitrogen and oxygen atoms in total. The minimum absolute atomic E-state index is 0.271. The fraction of sp³-hybridized carbons (Fsp3) is 0.688. The lowest BCUT2D eigenvalue weighted by molar-refractivity contribution is 0.0269. The van der Waals surface area contributed by atoms with Crippen molar-refractivity contribution < 1.29 is 4.74 Å². The van der Waals surface area contributed by atoms with E-state index < -0.39 is 0 Å². The predicted octanol–water partition coefficient (Wildman–Crippen LogP) is 3.57. The zero-order valence-electron chi connectivity index (χ0n) is 12.4. The molecule has 1 aromatic rings. The van der Waals surface area contributed by atoms with Gasteiger partial charge in [-0.05, 0) is 43.6 Å². The first-order valence-corrected chi connectivity index (χ1v) is 7.23. The number of hydrogen-bond donors (Lipinski definition) is 1. The lowest BCUT2D eigenvalue weighted by Crippen LogP contribution is -2.39. The Labute approximate surface area is 115 Å². The number of nitrogens with zero attached hydrogens (tertiary/aromatic N) is 1. The van der Waals surface area contributed by atoms with Crippen molar-refractivity contribution >= 4 is 5.69 Å². The maximum atomic E-state index is 6.27. The first-order chi connectivity index (χ1) is 8.84. The van der Waals surface area contributed by atoms with Crippen LogP contribution in [-0.4, -0.2) is 11.1 Å². The highest BCUT2D eigenvalue weighted by molar-refractivity contribution is 5.41. The molecule has 3 unspecified atom stereocenters. The van der Waals surface area contributed by atoms with Gasteiger partial charge < -0.3 is 10.5 Å². The molecule has 1 heterocycles. The van der Waals surface area contributed by atoms with Gasteiger partial charge in [0, 0.05) is 11.0 Å². The number of ether oxygens (including phenoxy) is 1. The van der Waals surface area contributed by atoms with E-state index in [0.29, 0.717) is 11.1 Å². The molecule has 19 heavy (non-hydrogen) atoms. The molecule has 0 spiro atoms. The first kappa shape index (κ1) is 12.8. The summed E-state index contributed by atoms with van der Waals surface area (Å²) in [6.07, 6.45) is 5.75. The van der Waals surface area contributed by atoms with Crippen LogP contribution in [0.4, 0.5) is 5.69 Å². The summed E-state index contributed by atoms with van der Waals surface area (Å²) in [6.45, 7) is 9.20. The highest BCUT2D eigenvalue weighted by Crippen LogP contribution is 2.66. The number of aryl methyl sites for hydroxylation is 1. The second-order valence-corrected chi connectivity index (χ2v) is 7.11. The van der Waals surface area contributed by atoms with E-state index in [-0.39, 0.29) is 11.5 Å². The van der Waals surface area contributed by atoms with Gasteiger partial charge in [-0.25, -0.2) is 4.98 Å². The summed E-state index contributed by atoms with van der Waals surface area (Å²) in [4.78, 5) is 4.36. The van der Waals surface area contributed by atoms with E-state index in [4.69, 9.17) is 10.5 Å². The molecule has 2 bridgehead atoms. The van der Waals surface area contributed by atoms with Crippen LogP contribution in [0.3, 0.4) is 0 Å². The fourth-order valence-electron chi connectivity index (χ4n) is 4.15. The van der Waals surface area contributed by atoms with Crippen LogP contribution in [0.2, 0.25) is 0 Å². The summed E-state index contributed by atoms with van der Waals surface area (Å²) in [6, 6.07) is 1.93. The Morgan fingerprint density at radius 3 is 2.63 bits per heavy atom. The minimum Gasteiger partial charge on any atom is -0.474 e. The molecule has 2 N–H and O–H groups in total. The molecular weight excluding hydrogens is 236 g/mol. The number of hydrogen-bond acceptors (Lipinski definition) is 3. The molecule has 0 saturated heterocycles. The number of fused-ring (bicyclic) bond motifs is 2. The van der Waals surface area contributed by atoms with Crippen LogP contribution in [0.1, 0.15) is 45.6 Å². The standard InChI is InChI=1S/C16H24N2O/c1-10-7-12(17)9-18-14(10)19-13-8-11-5-6-16(13,4)15(11,2)3/h7,9,11,13H,5-6,8,17H2,1-4H3. The molecule has 3 heteroatoms. The van der Waals surface area contributed by atoms with Gasteiger partial charge in [-0.15, -0.1) is 0 Å². The normalized spacial score (nSPS) is 35.6. The molecule has 1 aromatic heterocycles. The zero-order chi connectivity index (χ0) is 13.8. The van der Waals surface area contributed by atoms with E-state index in [1.807, 2.05) is 13.0 Å². The van der Waals surface area contributed by atoms with Crippen molar-refractivity contribution in [1.82, 2.24) is 4.98 Å². The SMILES string of the molecule is Cc1cc(N)cnc1OC1CC2CCC1(C)C2(C)C. The molecular formula is C16H24N2O. The Kier molecular flexibility index (Phi) is 2.60. The van der Waals surface area contributed by atoms with Gasteiger partial charge in [0.25, 0.3) is 0 Å². The van der Waals surface area contributed by atoms with Gasteiger partial charge in [0.1, 0.15) is 6.10 Å². The van der Waals surface area contributed by atoms with Gasteiger partial charge in [-0.1, -0.05) is 20.8 Å². The molecule has 0 radical (unpaired) electrons. The van der Waals surface area contributed by atoms with Crippen LogP contribution >= 0.6 is 0 Å². The average molecular weight is 260 g/mol. The van der Waals surface area contributed by atoms with Gasteiger partial charge in [0.05, 0.1) is 11.9 Å². The molecule has 2 fully saturated rings. The topological polar surface area (TPSA) is 48.1 Å². The Hall–Kier alpha value is -1.25. The summed E-state index contributed by atoms with van der Waals surface area (Å²) in [5, 5.41) is 0. The van der Waals surface area contributed by atoms with Crippen molar-refractivity contribution in [3.05, 3.63) is 17.8 Å². The molecule has 2 aliphatic rings. The van der Waals surface area contributed by atoms with E-state index in [2.05, 4.69) is 25.8 Å². The number of anilines is 1. The second kappa shape index (κ2) is 3.87. The Morgan fingerprint density at radius 1 is 1.37 bits per heavy atom. The zero-order valence-corrected chi connectivity index (χ0v) is 12.4. The maximum Gasteiger partial charge on any atom is 0.216 e. The molecule has 0 aromatic carbocycles. The van der Waals surface area contributed by atoms with E-state index in [1.54, 1.807) is 6.20 Å². The molecule has 2 aliphatic carbocycles. The number of aromatic nitrogens is 1. The van der Waals surface area contributed by atoms with Crippen LogP contribution in [0, 0.1) is 23.7 Å². The average Bonchev–Trinajstić information content (AvgIpc) is 2.65. The molecule has 2 saturated carbocycles. The van der Waals surface area contributed by atoms with Gasteiger partial charge >= 0.3 is 0 Å².